The van der Waals surface area contributed by atoms with Crippen LogP contribution in [-0.2, 0) is 9.53 Å². The summed E-state index contributed by atoms with van der Waals surface area (Å²) in [6, 6.07) is 2.83. The summed E-state index contributed by atoms with van der Waals surface area (Å²) in [4.78, 5) is 23.4. The van der Waals surface area contributed by atoms with Crippen LogP contribution in [0.5, 0.6) is 11.5 Å². The van der Waals surface area contributed by atoms with Gasteiger partial charge in [-0.05, 0) is 26.8 Å². The minimum atomic E-state index is -0.950. The Morgan fingerprint density at radius 1 is 1.25 bits per heavy atom. The number of esters is 1. The Morgan fingerprint density at radius 2 is 1.90 bits per heavy atom. The molecule has 0 spiro atoms. The normalized spacial score (nSPS) is 10.3. The van der Waals surface area contributed by atoms with Crippen LogP contribution in [0.25, 0.3) is 0 Å². The number of hydrogen-bond acceptors (Lipinski definition) is 5. The van der Waals surface area contributed by atoms with Gasteiger partial charge in [-0.15, -0.1) is 0 Å². The van der Waals surface area contributed by atoms with Crippen molar-refractivity contribution in [2.75, 3.05) is 13.7 Å². The molecule has 110 valence electrons. The first-order chi connectivity index (χ1) is 9.40. The second kappa shape index (κ2) is 7.14. The zero-order valence-corrected chi connectivity index (χ0v) is 12.6. The van der Waals surface area contributed by atoms with E-state index < -0.39 is 11.8 Å². The average Bonchev–Trinajstić information content (AvgIpc) is 2.38. The number of ketones is 1. The third kappa shape index (κ3) is 3.87. The van der Waals surface area contributed by atoms with Crippen LogP contribution in [0.1, 0.15) is 31.1 Å². The molecule has 0 aliphatic carbocycles. The first kappa shape index (κ1) is 16.3. The molecule has 0 heterocycles. The van der Waals surface area contributed by atoms with Crippen molar-refractivity contribution < 1.29 is 23.8 Å². The van der Waals surface area contributed by atoms with Gasteiger partial charge in [0.2, 0.25) is 0 Å². The first-order valence-electron chi connectivity index (χ1n) is 6.16. The number of carbonyl (C=O) groups is 2. The van der Waals surface area contributed by atoms with Crippen LogP contribution in [0.3, 0.4) is 0 Å². The zero-order chi connectivity index (χ0) is 15.3. The molecular weight excluding hydrogens is 284 g/mol. The number of ether oxygens (including phenoxy) is 3. The lowest BCUT2D eigenvalue weighted by molar-refractivity contribution is -0.137. The number of rotatable bonds is 6. The molecule has 1 aromatic rings. The number of hydrogen-bond donors (Lipinski definition) is 0. The number of methoxy groups -OCH3 is 1. The Morgan fingerprint density at radius 3 is 2.40 bits per heavy atom. The van der Waals surface area contributed by atoms with Crippen molar-refractivity contribution in [3.05, 3.63) is 22.7 Å². The Kier molecular flexibility index (Phi) is 5.82. The van der Waals surface area contributed by atoms with Crippen molar-refractivity contribution in [3.63, 3.8) is 0 Å². The minimum Gasteiger partial charge on any atom is -0.493 e. The molecule has 0 aromatic heterocycles. The van der Waals surface area contributed by atoms with E-state index in [1.165, 1.54) is 19.2 Å². The molecule has 1 rings (SSSR count). The molecule has 0 unspecified atom stereocenters. The maximum Gasteiger partial charge on any atom is 0.379 e. The first-order valence-corrected chi connectivity index (χ1v) is 6.54. The quantitative estimate of drug-likeness (QED) is 0.459. The van der Waals surface area contributed by atoms with Crippen molar-refractivity contribution in [2.45, 2.75) is 26.9 Å². The maximum absolute atomic E-state index is 11.9. The standard InChI is InChI=1S/C14H17ClO5/c1-5-19-14(17)13(16)9-6-11(18-4)12(7-10(9)15)20-8(2)3/h6-8H,5H2,1-4H3. The maximum atomic E-state index is 11.9. The zero-order valence-electron chi connectivity index (χ0n) is 11.9. The van der Waals surface area contributed by atoms with E-state index in [2.05, 4.69) is 4.74 Å². The van der Waals surface area contributed by atoms with Crippen LogP contribution < -0.4 is 9.47 Å². The fraction of sp³-hybridized carbons (Fsp3) is 0.429. The molecule has 20 heavy (non-hydrogen) atoms. The highest BCUT2D eigenvalue weighted by Gasteiger charge is 2.23. The van der Waals surface area contributed by atoms with Gasteiger partial charge in [-0.3, -0.25) is 4.79 Å². The van der Waals surface area contributed by atoms with Crippen LogP contribution in [-0.4, -0.2) is 31.6 Å². The summed E-state index contributed by atoms with van der Waals surface area (Å²) < 4.78 is 15.3. The highest BCUT2D eigenvalue weighted by molar-refractivity contribution is 6.45. The SMILES string of the molecule is CCOC(=O)C(=O)c1cc(OC)c(OC(C)C)cc1Cl. The molecule has 0 amide bonds. The molecule has 0 radical (unpaired) electrons. The third-order valence-corrected chi connectivity index (χ3v) is 2.63. The summed E-state index contributed by atoms with van der Waals surface area (Å²) in [6.45, 7) is 5.44. The van der Waals surface area contributed by atoms with Crippen LogP contribution in [0.4, 0.5) is 0 Å². The smallest absolute Gasteiger partial charge is 0.379 e. The number of carbonyl (C=O) groups excluding carboxylic acids is 2. The number of benzene rings is 1. The lowest BCUT2D eigenvalue weighted by atomic mass is 10.1. The van der Waals surface area contributed by atoms with E-state index in [1.807, 2.05) is 13.8 Å². The second-order valence-electron chi connectivity index (χ2n) is 4.20. The van der Waals surface area contributed by atoms with Gasteiger partial charge < -0.3 is 14.2 Å². The average molecular weight is 301 g/mol. The summed E-state index contributed by atoms with van der Waals surface area (Å²) in [5, 5.41) is 0.111. The van der Waals surface area contributed by atoms with Crippen LogP contribution in [0.15, 0.2) is 12.1 Å². The van der Waals surface area contributed by atoms with E-state index in [-0.39, 0.29) is 23.3 Å². The Balaban J connectivity index is 3.16. The summed E-state index contributed by atoms with van der Waals surface area (Å²) >= 11 is 6.02. The van der Waals surface area contributed by atoms with E-state index in [9.17, 15) is 9.59 Å². The van der Waals surface area contributed by atoms with Crippen LogP contribution in [0, 0.1) is 0 Å². The van der Waals surface area contributed by atoms with Gasteiger partial charge in [-0.2, -0.15) is 0 Å². The lowest BCUT2D eigenvalue weighted by Crippen LogP contribution is -2.18. The van der Waals surface area contributed by atoms with E-state index in [0.29, 0.717) is 11.5 Å². The van der Waals surface area contributed by atoms with Crippen LogP contribution >= 0.6 is 11.6 Å². The minimum absolute atomic E-state index is 0.0260. The van der Waals surface area contributed by atoms with Gasteiger partial charge in [0, 0.05) is 6.07 Å². The highest BCUT2D eigenvalue weighted by atomic mass is 35.5. The largest absolute Gasteiger partial charge is 0.493 e. The topological polar surface area (TPSA) is 61.8 Å². The van der Waals surface area contributed by atoms with Crippen LogP contribution in [0.2, 0.25) is 5.02 Å². The Labute approximate surface area is 122 Å². The van der Waals surface area contributed by atoms with Crippen molar-refractivity contribution in [2.24, 2.45) is 0 Å². The molecule has 5 nitrogen and oxygen atoms in total. The van der Waals surface area contributed by atoms with Crippen molar-refractivity contribution in [1.82, 2.24) is 0 Å². The predicted molar refractivity (Wildman–Crippen MR) is 74.7 cm³/mol. The summed E-state index contributed by atoms with van der Waals surface area (Å²) in [5.41, 5.74) is 0.0260. The van der Waals surface area contributed by atoms with Gasteiger partial charge in [-0.1, -0.05) is 11.6 Å². The predicted octanol–water partition coefficient (Wildman–Crippen LogP) is 2.88. The summed E-state index contributed by atoms with van der Waals surface area (Å²) in [6.07, 6.45) is -0.0772. The Bertz CT molecular complexity index is 511. The molecule has 0 aliphatic rings. The molecule has 1 aromatic carbocycles. The molecule has 0 aliphatic heterocycles. The van der Waals surface area contributed by atoms with E-state index in [4.69, 9.17) is 21.1 Å². The van der Waals surface area contributed by atoms with E-state index in [0.717, 1.165) is 0 Å². The van der Waals surface area contributed by atoms with Gasteiger partial charge in [-0.25, -0.2) is 4.79 Å². The van der Waals surface area contributed by atoms with Gasteiger partial charge in [0.05, 0.1) is 30.4 Å². The Hall–Kier alpha value is -1.75. The van der Waals surface area contributed by atoms with Gasteiger partial charge in [0.15, 0.2) is 11.5 Å². The number of halogens is 1. The molecule has 0 saturated heterocycles. The van der Waals surface area contributed by atoms with Crippen molar-refractivity contribution in [3.8, 4) is 11.5 Å². The van der Waals surface area contributed by atoms with Gasteiger partial charge in [0.25, 0.3) is 5.78 Å². The van der Waals surface area contributed by atoms with Gasteiger partial charge in [0.1, 0.15) is 0 Å². The summed E-state index contributed by atoms with van der Waals surface area (Å²) in [5.74, 6) is -1.02. The van der Waals surface area contributed by atoms with Crippen molar-refractivity contribution in [1.29, 1.82) is 0 Å². The molecule has 0 saturated carbocycles. The highest BCUT2D eigenvalue weighted by Crippen LogP contribution is 2.34. The second-order valence-corrected chi connectivity index (χ2v) is 4.61. The van der Waals surface area contributed by atoms with E-state index >= 15 is 0 Å². The third-order valence-electron chi connectivity index (χ3n) is 2.32. The molecular formula is C14H17ClO5. The van der Waals surface area contributed by atoms with E-state index in [1.54, 1.807) is 6.92 Å². The fourth-order valence-corrected chi connectivity index (χ4v) is 1.76. The monoisotopic (exact) mass is 300 g/mol. The molecule has 0 N–H and O–H groups in total. The molecule has 0 fully saturated rings. The molecule has 0 bridgehead atoms. The summed E-state index contributed by atoms with van der Waals surface area (Å²) in [7, 11) is 1.44. The van der Waals surface area contributed by atoms with Gasteiger partial charge >= 0.3 is 5.97 Å². The lowest BCUT2D eigenvalue weighted by Gasteiger charge is -2.15. The van der Waals surface area contributed by atoms with Crippen molar-refractivity contribution >= 4 is 23.4 Å². The molecule has 6 heteroatoms. The fourth-order valence-electron chi connectivity index (χ4n) is 1.52. The number of Topliss-reactive ketones (excluding diaryl/α,β-unsaturated/α-hetero) is 1. The molecule has 0 atom stereocenters.